The number of carboxylic acid groups (broad SMARTS) is 1. The summed E-state index contributed by atoms with van der Waals surface area (Å²) in [6.07, 6.45) is 4.51. The summed E-state index contributed by atoms with van der Waals surface area (Å²) in [6.45, 7) is 2.15. The van der Waals surface area contributed by atoms with E-state index < -0.39 is 5.97 Å². The highest BCUT2D eigenvalue weighted by Gasteiger charge is 2.30. The molecule has 2 aromatic carbocycles. The number of anilines is 1. The van der Waals surface area contributed by atoms with E-state index in [2.05, 4.69) is 17.7 Å². The third-order valence-electron chi connectivity index (χ3n) is 5.56. The molecule has 0 bridgehead atoms. The Morgan fingerprint density at radius 1 is 1.28 bits per heavy atom. The van der Waals surface area contributed by atoms with Gasteiger partial charge in [0, 0.05) is 11.0 Å². The largest absolute Gasteiger partial charge is 0.488 e. The number of carbonyl (C=O) groups is 1. The van der Waals surface area contributed by atoms with Gasteiger partial charge in [-0.1, -0.05) is 24.6 Å². The van der Waals surface area contributed by atoms with E-state index in [1.165, 1.54) is 11.9 Å². The minimum Gasteiger partial charge on any atom is -0.488 e. The lowest BCUT2D eigenvalue weighted by atomic mass is 9.83. The van der Waals surface area contributed by atoms with Gasteiger partial charge >= 0.3 is 5.97 Å². The zero-order valence-electron chi connectivity index (χ0n) is 15.9. The summed E-state index contributed by atoms with van der Waals surface area (Å²) < 4.78 is 9.43. The Morgan fingerprint density at radius 2 is 2.07 bits per heavy atom. The van der Waals surface area contributed by atoms with Crippen LogP contribution in [0.3, 0.4) is 0 Å². The van der Waals surface area contributed by atoms with E-state index in [1.54, 1.807) is 24.3 Å². The van der Waals surface area contributed by atoms with Crippen LogP contribution >= 0.6 is 23.5 Å². The molecule has 0 spiro atoms. The molecule has 0 aliphatic heterocycles. The standard InChI is InChI=1S/C22H21ClN2O3S/c1-12-2-7-19(12)28-20-10-17(23)15(11-24)8-18(20)25-29-21-9-14(22(26)27)5-6-16(21)13-3-4-13/h5-6,8-10,12-13,19,25H,2-4,7H2,1H3,(H,26,27). The number of nitriles is 1. The second-order valence-corrected chi connectivity index (χ2v) is 8.94. The second kappa shape index (κ2) is 8.17. The number of ether oxygens (including phenoxy) is 1. The summed E-state index contributed by atoms with van der Waals surface area (Å²) >= 11 is 7.57. The van der Waals surface area contributed by atoms with Crippen molar-refractivity contribution in [3.05, 3.63) is 52.0 Å². The summed E-state index contributed by atoms with van der Waals surface area (Å²) in [5.41, 5.74) is 2.44. The first-order valence-corrected chi connectivity index (χ1v) is 10.9. The number of benzene rings is 2. The maximum absolute atomic E-state index is 11.4. The molecule has 0 radical (unpaired) electrons. The molecule has 4 rings (SSSR count). The van der Waals surface area contributed by atoms with Gasteiger partial charge in [-0.2, -0.15) is 5.26 Å². The minimum absolute atomic E-state index is 0.141. The fourth-order valence-electron chi connectivity index (χ4n) is 3.39. The lowest BCUT2D eigenvalue weighted by molar-refractivity contribution is 0.0584. The number of nitrogens with one attached hydrogen (secondary N) is 1. The van der Waals surface area contributed by atoms with E-state index in [0.717, 1.165) is 36.1 Å². The Kier molecular flexibility index (Phi) is 5.62. The van der Waals surface area contributed by atoms with Gasteiger partial charge in [0.05, 0.1) is 21.8 Å². The van der Waals surface area contributed by atoms with Crippen LogP contribution in [0, 0.1) is 17.2 Å². The van der Waals surface area contributed by atoms with Crippen LogP contribution in [0.25, 0.3) is 0 Å². The highest BCUT2D eigenvalue weighted by Crippen LogP contribution is 2.45. The third kappa shape index (κ3) is 4.31. The van der Waals surface area contributed by atoms with E-state index in [9.17, 15) is 15.2 Å². The van der Waals surface area contributed by atoms with Gasteiger partial charge in [-0.05, 0) is 73.2 Å². The van der Waals surface area contributed by atoms with Crippen LogP contribution in [0.1, 0.15) is 60.0 Å². The molecule has 0 aromatic heterocycles. The topological polar surface area (TPSA) is 82.3 Å². The zero-order chi connectivity index (χ0) is 20.5. The first-order chi connectivity index (χ1) is 14.0. The Hall–Kier alpha value is -2.36. The fourth-order valence-corrected chi connectivity index (χ4v) is 4.50. The molecule has 2 N–H and O–H groups in total. The van der Waals surface area contributed by atoms with Crippen LogP contribution in [0.5, 0.6) is 5.75 Å². The quantitative estimate of drug-likeness (QED) is 0.519. The van der Waals surface area contributed by atoms with E-state index in [0.29, 0.717) is 33.9 Å². The maximum Gasteiger partial charge on any atom is 0.335 e. The molecule has 29 heavy (non-hydrogen) atoms. The van der Waals surface area contributed by atoms with Gasteiger partial charge in [-0.15, -0.1) is 0 Å². The minimum atomic E-state index is -0.949. The number of hydrogen-bond acceptors (Lipinski definition) is 5. The first kappa shape index (κ1) is 19.9. The van der Waals surface area contributed by atoms with Crippen molar-refractivity contribution in [2.24, 2.45) is 5.92 Å². The SMILES string of the molecule is CC1CCC1Oc1cc(Cl)c(C#N)cc1NSc1cc(C(=O)O)ccc1C1CC1. The predicted molar refractivity (Wildman–Crippen MR) is 114 cm³/mol. The van der Waals surface area contributed by atoms with Gasteiger partial charge in [0.1, 0.15) is 17.9 Å². The van der Waals surface area contributed by atoms with Crippen molar-refractivity contribution < 1.29 is 14.6 Å². The maximum atomic E-state index is 11.4. The highest BCUT2D eigenvalue weighted by molar-refractivity contribution is 8.00. The molecule has 2 fully saturated rings. The van der Waals surface area contributed by atoms with Gasteiger partial charge in [0.2, 0.25) is 0 Å². The number of aromatic carboxylic acids is 1. The molecule has 0 heterocycles. The summed E-state index contributed by atoms with van der Waals surface area (Å²) in [5.74, 6) is 0.628. The van der Waals surface area contributed by atoms with E-state index in [4.69, 9.17) is 16.3 Å². The van der Waals surface area contributed by atoms with Crippen LogP contribution in [0.4, 0.5) is 5.69 Å². The monoisotopic (exact) mass is 428 g/mol. The van der Waals surface area contributed by atoms with Crippen molar-refractivity contribution in [2.75, 3.05) is 4.72 Å². The molecular formula is C22H21ClN2O3S. The van der Waals surface area contributed by atoms with Crippen LogP contribution < -0.4 is 9.46 Å². The fraction of sp³-hybridized carbons (Fsp3) is 0.364. The average molecular weight is 429 g/mol. The Balaban J connectivity index is 1.61. The summed E-state index contributed by atoms with van der Waals surface area (Å²) in [5, 5.41) is 19.0. The lowest BCUT2D eigenvalue weighted by Gasteiger charge is -2.34. The molecule has 2 aromatic rings. The number of nitrogens with zero attached hydrogens (tertiary/aromatic N) is 1. The number of carboxylic acids is 1. The molecule has 7 heteroatoms. The smallest absolute Gasteiger partial charge is 0.335 e. The molecule has 2 aliphatic rings. The Morgan fingerprint density at radius 3 is 2.66 bits per heavy atom. The second-order valence-electron chi connectivity index (χ2n) is 7.69. The zero-order valence-corrected chi connectivity index (χ0v) is 17.5. The van der Waals surface area contributed by atoms with Crippen molar-refractivity contribution in [1.29, 1.82) is 5.26 Å². The van der Waals surface area contributed by atoms with E-state index in [-0.39, 0.29) is 11.7 Å². The molecule has 150 valence electrons. The number of hydrogen-bond donors (Lipinski definition) is 2. The molecule has 5 nitrogen and oxygen atoms in total. The molecule has 0 amide bonds. The van der Waals surface area contributed by atoms with E-state index >= 15 is 0 Å². The molecule has 2 unspecified atom stereocenters. The van der Waals surface area contributed by atoms with Crippen LogP contribution in [0.2, 0.25) is 5.02 Å². The first-order valence-electron chi connectivity index (χ1n) is 9.66. The van der Waals surface area contributed by atoms with Crippen molar-refractivity contribution in [2.45, 2.75) is 49.5 Å². The van der Waals surface area contributed by atoms with E-state index in [1.807, 2.05) is 6.07 Å². The van der Waals surface area contributed by atoms with Gasteiger partial charge in [-0.3, -0.25) is 0 Å². The Bertz CT molecular complexity index is 1000. The summed E-state index contributed by atoms with van der Waals surface area (Å²) in [6, 6.07) is 10.7. The lowest BCUT2D eigenvalue weighted by Crippen LogP contribution is -2.34. The van der Waals surface area contributed by atoms with Gasteiger partial charge in [-0.25, -0.2) is 4.79 Å². The number of halogens is 1. The van der Waals surface area contributed by atoms with Crippen LogP contribution in [-0.4, -0.2) is 17.2 Å². The van der Waals surface area contributed by atoms with Crippen LogP contribution in [0.15, 0.2) is 35.2 Å². The average Bonchev–Trinajstić information content (AvgIpc) is 3.55. The van der Waals surface area contributed by atoms with Crippen molar-refractivity contribution in [1.82, 2.24) is 0 Å². The predicted octanol–water partition coefficient (Wildman–Crippen LogP) is 6.08. The number of rotatable bonds is 7. The molecule has 0 saturated heterocycles. The molecular weight excluding hydrogens is 408 g/mol. The Labute approximate surface area is 179 Å². The van der Waals surface area contributed by atoms with Gasteiger partial charge in [0.15, 0.2) is 0 Å². The molecule has 2 atom stereocenters. The van der Waals surface area contributed by atoms with Crippen LogP contribution in [-0.2, 0) is 0 Å². The molecule has 2 aliphatic carbocycles. The van der Waals surface area contributed by atoms with Gasteiger partial charge in [0.25, 0.3) is 0 Å². The van der Waals surface area contributed by atoms with Crippen molar-refractivity contribution >= 4 is 35.2 Å². The van der Waals surface area contributed by atoms with Crippen molar-refractivity contribution in [3.63, 3.8) is 0 Å². The summed E-state index contributed by atoms with van der Waals surface area (Å²) in [7, 11) is 0. The third-order valence-corrected chi connectivity index (χ3v) is 6.77. The van der Waals surface area contributed by atoms with Gasteiger partial charge < -0.3 is 14.6 Å². The highest BCUT2D eigenvalue weighted by atomic mass is 35.5. The van der Waals surface area contributed by atoms with Crippen molar-refractivity contribution in [3.8, 4) is 11.8 Å². The summed E-state index contributed by atoms with van der Waals surface area (Å²) in [4.78, 5) is 12.3. The normalized spacial score (nSPS) is 20.4. The molecule has 2 saturated carbocycles.